The van der Waals surface area contributed by atoms with Crippen LogP contribution in [0.4, 0.5) is 5.82 Å². The summed E-state index contributed by atoms with van der Waals surface area (Å²) in [7, 11) is 6.05. The van der Waals surface area contributed by atoms with Gasteiger partial charge in [0.2, 0.25) is 0 Å². The molecule has 0 amide bonds. The molecule has 0 aliphatic rings. The van der Waals surface area contributed by atoms with E-state index in [0.717, 1.165) is 29.5 Å². The van der Waals surface area contributed by atoms with Crippen LogP contribution in [-0.4, -0.2) is 38.5 Å². The van der Waals surface area contributed by atoms with E-state index in [1.165, 1.54) is 5.56 Å². The van der Waals surface area contributed by atoms with E-state index in [2.05, 4.69) is 32.4 Å². The Morgan fingerprint density at radius 3 is 2.78 bits per heavy atom. The fourth-order valence-electron chi connectivity index (χ4n) is 2.96. The van der Waals surface area contributed by atoms with E-state index >= 15 is 0 Å². The van der Waals surface area contributed by atoms with Crippen LogP contribution in [0.5, 0.6) is 0 Å². The van der Waals surface area contributed by atoms with Gasteiger partial charge in [-0.1, -0.05) is 6.07 Å². The summed E-state index contributed by atoms with van der Waals surface area (Å²) in [6.45, 7) is 4.88. The maximum Gasteiger partial charge on any atom is 0.160 e. The second-order valence-corrected chi connectivity index (χ2v) is 6.00. The van der Waals surface area contributed by atoms with Crippen molar-refractivity contribution in [2.45, 2.75) is 26.4 Å². The maximum absolute atomic E-state index is 4.52. The molecule has 3 heterocycles. The van der Waals surface area contributed by atoms with E-state index in [1.807, 2.05) is 61.5 Å². The van der Waals surface area contributed by atoms with Crippen LogP contribution in [0.2, 0.25) is 0 Å². The van der Waals surface area contributed by atoms with Crippen LogP contribution in [0.1, 0.15) is 30.0 Å². The molecule has 7 nitrogen and oxygen atoms in total. The van der Waals surface area contributed by atoms with Gasteiger partial charge < -0.3 is 10.2 Å². The molecule has 122 valence electrons. The van der Waals surface area contributed by atoms with Gasteiger partial charge in [-0.3, -0.25) is 9.08 Å². The largest absolute Gasteiger partial charge is 0.363 e. The van der Waals surface area contributed by atoms with Gasteiger partial charge in [0, 0.05) is 39.4 Å². The van der Waals surface area contributed by atoms with Crippen molar-refractivity contribution >= 4 is 11.5 Å². The molecule has 0 radical (unpaired) electrons. The first-order chi connectivity index (χ1) is 11.0. The summed E-state index contributed by atoms with van der Waals surface area (Å²) in [4.78, 5) is 2.09. The van der Waals surface area contributed by atoms with E-state index in [4.69, 9.17) is 0 Å². The minimum absolute atomic E-state index is 0.0852. The highest BCUT2D eigenvalue weighted by Gasteiger charge is 2.18. The number of rotatable bonds is 5. The van der Waals surface area contributed by atoms with E-state index in [1.54, 1.807) is 0 Å². The van der Waals surface area contributed by atoms with Crippen molar-refractivity contribution in [3.05, 3.63) is 41.5 Å². The van der Waals surface area contributed by atoms with Crippen LogP contribution in [0.15, 0.2) is 24.4 Å². The molecule has 1 atom stereocenters. The Hall–Kier alpha value is -2.41. The molecule has 0 fully saturated rings. The lowest BCUT2D eigenvalue weighted by Gasteiger charge is -2.17. The molecule has 0 aliphatic heterocycles. The molecule has 1 unspecified atom stereocenters. The lowest BCUT2D eigenvalue weighted by Crippen LogP contribution is -2.22. The molecule has 0 bridgehead atoms. The van der Waals surface area contributed by atoms with Crippen LogP contribution >= 0.6 is 0 Å². The first-order valence-electron chi connectivity index (χ1n) is 7.72. The third-order valence-electron chi connectivity index (χ3n) is 4.05. The fraction of sp³-hybridized carbons (Fsp3) is 0.438. The van der Waals surface area contributed by atoms with E-state index < -0.39 is 0 Å². The SMILES string of the molecule is Cc1nn(C)c(N(C)C)c1CNC(C)c1nnc2ccccn12. The van der Waals surface area contributed by atoms with Gasteiger partial charge in [0.25, 0.3) is 0 Å². The predicted molar refractivity (Wildman–Crippen MR) is 90.5 cm³/mol. The third-order valence-corrected chi connectivity index (χ3v) is 4.05. The number of aryl methyl sites for hydroxylation is 2. The van der Waals surface area contributed by atoms with E-state index in [9.17, 15) is 0 Å². The summed E-state index contributed by atoms with van der Waals surface area (Å²) in [6.07, 6.45) is 1.99. The normalized spacial score (nSPS) is 12.7. The topological polar surface area (TPSA) is 63.3 Å². The van der Waals surface area contributed by atoms with E-state index in [-0.39, 0.29) is 6.04 Å². The molecule has 0 aliphatic carbocycles. The van der Waals surface area contributed by atoms with E-state index in [0.29, 0.717) is 0 Å². The first kappa shape index (κ1) is 15.5. The number of hydrogen-bond donors (Lipinski definition) is 1. The van der Waals surface area contributed by atoms with Gasteiger partial charge in [-0.15, -0.1) is 10.2 Å². The minimum Gasteiger partial charge on any atom is -0.363 e. The number of fused-ring (bicyclic) bond motifs is 1. The van der Waals surface area contributed by atoms with Crippen molar-refractivity contribution in [1.82, 2.24) is 29.7 Å². The Kier molecular flexibility index (Phi) is 4.04. The highest BCUT2D eigenvalue weighted by Crippen LogP contribution is 2.22. The Morgan fingerprint density at radius 1 is 1.26 bits per heavy atom. The standard InChI is InChI=1S/C16H23N7/c1-11-13(16(21(3)4)22(5)20-11)10-17-12(2)15-19-18-14-8-6-7-9-23(14)15/h6-9,12,17H,10H2,1-5H3. The molecular formula is C16H23N7. The van der Waals surface area contributed by atoms with Crippen LogP contribution < -0.4 is 10.2 Å². The molecule has 7 heteroatoms. The summed E-state index contributed by atoms with van der Waals surface area (Å²) in [5.41, 5.74) is 3.11. The van der Waals surface area contributed by atoms with Crippen LogP contribution in [0, 0.1) is 6.92 Å². The van der Waals surface area contributed by atoms with Crippen LogP contribution in [-0.2, 0) is 13.6 Å². The second kappa shape index (κ2) is 6.00. The molecule has 23 heavy (non-hydrogen) atoms. The molecule has 0 saturated carbocycles. The van der Waals surface area contributed by atoms with Crippen molar-refractivity contribution in [3.8, 4) is 0 Å². The Labute approximate surface area is 135 Å². The van der Waals surface area contributed by atoms with Crippen molar-refractivity contribution in [3.63, 3.8) is 0 Å². The zero-order chi connectivity index (χ0) is 16.6. The van der Waals surface area contributed by atoms with Crippen LogP contribution in [0.25, 0.3) is 5.65 Å². The zero-order valence-electron chi connectivity index (χ0n) is 14.3. The Morgan fingerprint density at radius 2 is 2.04 bits per heavy atom. The number of aromatic nitrogens is 5. The van der Waals surface area contributed by atoms with Crippen LogP contribution in [0.3, 0.4) is 0 Å². The average Bonchev–Trinajstić information content (AvgIpc) is 3.05. The molecule has 0 saturated heterocycles. The first-order valence-corrected chi connectivity index (χ1v) is 7.72. The number of nitrogens with zero attached hydrogens (tertiary/aromatic N) is 6. The Bertz CT molecular complexity index is 815. The minimum atomic E-state index is 0.0852. The number of anilines is 1. The summed E-state index contributed by atoms with van der Waals surface area (Å²) >= 11 is 0. The predicted octanol–water partition coefficient (Wildman–Crippen LogP) is 1.69. The molecule has 3 aromatic rings. The number of pyridine rings is 1. The lowest BCUT2D eigenvalue weighted by atomic mass is 10.2. The number of hydrogen-bond acceptors (Lipinski definition) is 5. The number of nitrogens with one attached hydrogen (secondary N) is 1. The van der Waals surface area contributed by atoms with Crippen molar-refractivity contribution < 1.29 is 0 Å². The van der Waals surface area contributed by atoms with Gasteiger partial charge in [0.1, 0.15) is 5.82 Å². The summed E-state index contributed by atoms with van der Waals surface area (Å²) in [5.74, 6) is 2.03. The molecular weight excluding hydrogens is 290 g/mol. The second-order valence-electron chi connectivity index (χ2n) is 6.00. The van der Waals surface area contributed by atoms with Crippen molar-refractivity contribution in [1.29, 1.82) is 0 Å². The summed E-state index contributed by atoms with van der Waals surface area (Å²) in [6, 6.07) is 6.00. The van der Waals surface area contributed by atoms with Crippen molar-refractivity contribution in [2.75, 3.05) is 19.0 Å². The molecule has 0 aromatic carbocycles. The van der Waals surface area contributed by atoms with Crippen molar-refractivity contribution in [2.24, 2.45) is 7.05 Å². The van der Waals surface area contributed by atoms with Gasteiger partial charge >= 0.3 is 0 Å². The smallest absolute Gasteiger partial charge is 0.160 e. The van der Waals surface area contributed by atoms with Gasteiger partial charge in [-0.05, 0) is 26.0 Å². The summed E-state index contributed by atoms with van der Waals surface area (Å²) < 4.78 is 3.93. The third kappa shape index (κ3) is 2.79. The maximum atomic E-state index is 4.52. The van der Waals surface area contributed by atoms with Gasteiger partial charge in [0.15, 0.2) is 11.5 Å². The Balaban J connectivity index is 1.81. The monoisotopic (exact) mass is 313 g/mol. The summed E-state index contributed by atoms with van der Waals surface area (Å²) in [5, 5.41) is 16.6. The molecule has 0 spiro atoms. The molecule has 1 N–H and O–H groups in total. The van der Waals surface area contributed by atoms with Gasteiger partial charge in [0.05, 0.1) is 11.7 Å². The van der Waals surface area contributed by atoms with Gasteiger partial charge in [-0.25, -0.2) is 0 Å². The lowest BCUT2D eigenvalue weighted by molar-refractivity contribution is 0.540. The molecule has 3 rings (SSSR count). The fourth-order valence-corrected chi connectivity index (χ4v) is 2.96. The van der Waals surface area contributed by atoms with Gasteiger partial charge in [-0.2, -0.15) is 5.10 Å². The quantitative estimate of drug-likeness (QED) is 0.776. The average molecular weight is 313 g/mol. The highest BCUT2D eigenvalue weighted by molar-refractivity contribution is 5.49. The highest BCUT2D eigenvalue weighted by atomic mass is 15.4. The molecule has 3 aromatic heterocycles. The zero-order valence-corrected chi connectivity index (χ0v) is 14.3.